The lowest BCUT2D eigenvalue weighted by atomic mass is 9.95. The van der Waals surface area contributed by atoms with Crippen LogP contribution in [0, 0.1) is 5.92 Å². The molecule has 0 bridgehead atoms. The molecular weight excluding hydrogens is 314 g/mol. The summed E-state index contributed by atoms with van der Waals surface area (Å²) in [6.45, 7) is 3.19. The first kappa shape index (κ1) is 17.9. The molecule has 5 heteroatoms. The van der Waals surface area contributed by atoms with Gasteiger partial charge < -0.3 is 15.1 Å². The van der Waals surface area contributed by atoms with Crippen LogP contribution in [0.25, 0.3) is 0 Å². The lowest BCUT2D eigenvalue weighted by molar-refractivity contribution is -0.148. The normalized spacial score (nSPS) is 22.8. The van der Waals surface area contributed by atoms with Gasteiger partial charge in [0.1, 0.15) is 6.04 Å². The van der Waals surface area contributed by atoms with E-state index in [1.165, 1.54) is 0 Å². The monoisotopic (exact) mass is 343 g/mol. The molecule has 1 N–H and O–H groups in total. The second kappa shape index (κ2) is 8.48. The first-order chi connectivity index (χ1) is 12.2. The van der Waals surface area contributed by atoms with Crippen LogP contribution < -0.4 is 5.32 Å². The molecule has 1 aromatic rings. The number of rotatable bonds is 5. The lowest BCUT2D eigenvalue weighted by Gasteiger charge is -2.39. The fourth-order valence-electron chi connectivity index (χ4n) is 4.08. The fourth-order valence-corrected chi connectivity index (χ4v) is 4.08. The summed E-state index contributed by atoms with van der Waals surface area (Å²) in [4.78, 5) is 29.7. The zero-order chi connectivity index (χ0) is 17.6. The van der Waals surface area contributed by atoms with Crippen molar-refractivity contribution in [1.82, 2.24) is 15.1 Å². The first-order valence-electron chi connectivity index (χ1n) is 9.48. The number of benzene rings is 1. The number of nitrogens with one attached hydrogen (secondary N) is 1. The zero-order valence-corrected chi connectivity index (χ0v) is 15.1. The summed E-state index contributed by atoms with van der Waals surface area (Å²) >= 11 is 0. The number of carbonyl (C=O) groups excluding carboxylic acids is 2. The second-order valence-corrected chi connectivity index (χ2v) is 7.21. The van der Waals surface area contributed by atoms with Gasteiger partial charge >= 0.3 is 0 Å². The standard InChI is InChI=1S/C20H29N3O2/c1-21-14-16-8-7-12-22(15-16)20(25)19(17-9-3-2-4-10-17)23-13-6-5-11-18(23)24/h2-4,9-10,16,19,21H,5-8,11-15H2,1H3. The highest BCUT2D eigenvalue weighted by Crippen LogP contribution is 2.29. The average molecular weight is 343 g/mol. The highest BCUT2D eigenvalue weighted by Gasteiger charge is 2.36. The molecule has 0 aromatic heterocycles. The molecule has 2 heterocycles. The summed E-state index contributed by atoms with van der Waals surface area (Å²) in [5.74, 6) is 0.690. The van der Waals surface area contributed by atoms with Crippen LogP contribution in [-0.4, -0.2) is 54.8 Å². The van der Waals surface area contributed by atoms with Crippen molar-refractivity contribution in [1.29, 1.82) is 0 Å². The Labute approximate surface area is 150 Å². The van der Waals surface area contributed by atoms with Gasteiger partial charge in [0.15, 0.2) is 0 Å². The summed E-state index contributed by atoms with van der Waals surface area (Å²) in [7, 11) is 1.96. The van der Waals surface area contributed by atoms with Gasteiger partial charge in [-0.3, -0.25) is 9.59 Å². The average Bonchev–Trinajstić information content (AvgIpc) is 2.65. The first-order valence-corrected chi connectivity index (χ1v) is 9.48. The third-order valence-electron chi connectivity index (χ3n) is 5.34. The van der Waals surface area contributed by atoms with Crippen LogP contribution in [0.5, 0.6) is 0 Å². The van der Waals surface area contributed by atoms with Crippen molar-refractivity contribution >= 4 is 11.8 Å². The molecule has 136 valence electrons. The molecule has 0 aliphatic carbocycles. The van der Waals surface area contributed by atoms with Crippen LogP contribution >= 0.6 is 0 Å². The molecule has 3 rings (SSSR count). The summed E-state index contributed by atoms with van der Waals surface area (Å²) < 4.78 is 0. The van der Waals surface area contributed by atoms with Crippen LogP contribution in [0.15, 0.2) is 30.3 Å². The maximum absolute atomic E-state index is 13.4. The predicted molar refractivity (Wildman–Crippen MR) is 98.0 cm³/mol. The van der Waals surface area contributed by atoms with Gasteiger partial charge in [-0.15, -0.1) is 0 Å². The quantitative estimate of drug-likeness (QED) is 0.892. The Hall–Kier alpha value is -1.88. The van der Waals surface area contributed by atoms with E-state index in [9.17, 15) is 9.59 Å². The molecule has 2 fully saturated rings. The van der Waals surface area contributed by atoms with Gasteiger partial charge in [-0.25, -0.2) is 0 Å². The van der Waals surface area contributed by atoms with Gasteiger partial charge in [-0.2, -0.15) is 0 Å². The number of carbonyl (C=O) groups is 2. The van der Waals surface area contributed by atoms with E-state index in [0.717, 1.165) is 50.9 Å². The van der Waals surface area contributed by atoms with E-state index < -0.39 is 6.04 Å². The molecule has 2 atom stereocenters. The summed E-state index contributed by atoms with van der Waals surface area (Å²) in [5.41, 5.74) is 0.929. The van der Waals surface area contributed by atoms with Gasteiger partial charge in [0.05, 0.1) is 0 Å². The topological polar surface area (TPSA) is 52.7 Å². The van der Waals surface area contributed by atoms with Gasteiger partial charge in [-0.1, -0.05) is 30.3 Å². The van der Waals surface area contributed by atoms with E-state index in [0.29, 0.717) is 18.9 Å². The molecule has 5 nitrogen and oxygen atoms in total. The van der Waals surface area contributed by atoms with Crippen LogP contribution in [0.4, 0.5) is 0 Å². The van der Waals surface area contributed by atoms with Crippen molar-refractivity contribution < 1.29 is 9.59 Å². The van der Waals surface area contributed by atoms with E-state index in [4.69, 9.17) is 0 Å². The molecule has 2 amide bonds. The van der Waals surface area contributed by atoms with Gasteiger partial charge in [0, 0.05) is 26.1 Å². The number of piperidine rings is 2. The van der Waals surface area contributed by atoms with Crippen molar-refractivity contribution in [3.05, 3.63) is 35.9 Å². The van der Waals surface area contributed by atoms with Crippen LogP contribution in [0.2, 0.25) is 0 Å². The van der Waals surface area contributed by atoms with Crippen LogP contribution in [0.1, 0.15) is 43.7 Å². The Morgan fingerprint density at radius 1 is 1.20 bits per heavy atom. The van der Waals surface area contributed by atoms with Crippen LogP contribution in [0.3, 0.4) is 0 Å². The molecule has 0 radical (unpaired) electrons. The molecule has 1 aromatic carbocycles. The van der Waals surface area contributed by atoms with Crippen molar-refractivity contribution in [2.45, 2.75) is 38.1 Å². The third-order valence-corrected chi connectivity index (χ3v) is 5.34. The largest absolute Gasteiger partial charge is 0.340 e. The molecule has 0 spiro atoms. The number of nitrogens with zero attached hydrogens (tertiary/aromatic N) is 2. The van der Waals surface area contributed by atoms with Crippen molar-refractivity contribution in [3.63, 3.8) is 0 Å². The van der Waals surface area contributed by atoms with Crippen molar-refractivity contribution in [2.24, 2.45) is 5.92 Å². The third kappa shape index (κ3) is 4.21. The van der Waals surface area contributed by atoms with E-state index in [1.54, 1.807) is 0 Å². The van der Waals surface area contributed by atoms with Crippen molar-refractivity contribution in [3.8, 4) is 0 Å². The summed E-state index contributed by atoms with van der Waals surface area (Å²) in [6, 6.07) is 9.32. The molecule has 0 saturated carbocycles. The van der Waals surface area contributed by atoms with E-state index in [2.05, 4.69) is 5.32 Å². The zero-order valence-electron chi connectivity index (χ0n) is 15.1. The molecular formula is C20H29N3O2. The Bertz CT molecular complexity index is 588. The summed E-state index contributed by atoms with van der Waals surface area (Å²) in [6.07, 6.45) is 4.65. The molecule has 2 aliphatic rings. The molecule has 2 aliphatic heterocycles. The fraction of sp³-hybridized carbons (Fsp3) is 0.600. The van der Waals surface area contributed by atoms with Gasteiger partial charge in [0.2, 0.25) is 11.8 Å². The highest BCUT2D eigenvalue weighted by molar-refractivity contribution is 5.89. The Morgan fingerprint density at radius 2 is 2.00 bits per heavy atom. The number of amides is 2. The Balaban J connectivity index is 1.83. The SMILES string of the molecule is CNCC1CCCN(C(=O)C(c2ccccc2)N2CCCCC2=O)C1. The highest BCUT2D eigenvalue weighted by atomic mass is 16.2. The van der Waals surface area contributed by atoms with E-state index in [1.807, 2.05) is 47.2 Å². The molecule has 25 heavy (non-hydrogen) atoms. The summed E-state index contributed by atoms with van der Waals surface area (Å²) in [5, 5.41) is 3.23. The van der Waals surface area contributed by atoms with E-state index >= 15 is 0 Å². The maximum Gasteiger partial charge on any atom is 0.250 e. The van der Waals surface area contributed by atoms with E-state index in [-0.39, 0.29) is 11.8 Å². The maximum atomic E-state index is 13.4. The number of likely N-dealkylation sites (tertiary alicyclic amines) is 2. The Morgan fingerprint density at radius 3 is 2.72 bits per heavy atom. The second-order valence-electron chi connectivity index (χ2n) is 7.21. The van der Waals surface area contributed by atoms with Gasteiger partial charge in [-0.05, 0) is 50.8 Å². The predicted octanol–water partition coefficient (Wildman–Crippen LogP) is 2.20. The minimum atomic E-state index is -0.470. The van der Waals surface area contributed by atoms with Crippen LogP contribution in [-0.2, 0) is 9.59 Å². The minimum absolute atomic E-state index is 0.0854. The Kier molecular flexibility index (Phi) is 6.08. The van der Waals surface area contributed by atoms with Crippen molar-refractivity contribution in [2.75, 3.05) is 33.2 Å². The minimum Gasteiger partial charge on any atom is -0.340 e. The lowest BCUT2D eigenvalue weighted by Crippen LogP contribution is -2.50. The van der Waals surface area contributed by atoms with Gasteiger partial charge in [0.25, 0.3) is 0 Å². The smallest absolute Gasteiger partial charge is 0.250 e. The molecule has 2 unspecified atom stereocenters. The number of hydrogen-bond acceptors (Lipinski definition) is 3. The molecule has 2 saturated heterocycles. The number of hydrogen-bond donors (Lipinski definition) is 1.